The van der Waals surface area contributed by atoms with Crippen LogP contribution in [-0.4, -0.2) is 11.7 Å². The van der Waals surface area contributed by atoms with Gasteiger partial charge >= 0.3 is 0 Å². The second-order valence-electron chi connectivity index (χ2n) is 7.33. The first kappa shape index (κ1) is 20.8. The summed E-state index contributed by atoms with van der Waals surface area (Å²) in [7, 11) is 1.66. The van der Waals surface area contributed by atoms with Crippen LogP contribution < -0.4 is 14.3 Å². The molecule has 0 N–H and O–H groups in total. The average molecular weight is 451 g/mol. The third-order valence-electron chi connectivity index (χ3n) is 5.11. The minimum absolute atomic E-state index is 0.767. The number of nitrogens with zero attached hydrogens (tertiary/aromatic N) is 2. The smallest absolute Gasteiger partial charge is 0.195 e. The van der Waals surface area contributed by atoms with Gasteiger partial charge in [0.15, 0.2) is 4.80 Å². The lowest BCUT2D eigenvalue weighted by molar-refractivity contribution is 0.415. The van der Waals surface area contributed by atoms with Gasteiger partial charge in [0.1, 0.15) is 17.2 Å². The number of benzene rings is 4. The fraction of sp³-hybridized carbons (Fsp3) is 0.0357. The third-order valence-corrected chi connectivity index (χ3v) is 5.94. The molecule has 0 fully saturated rings. The highest BCUT2D eigenvalue weighted by Crippen LogP contribution is 2.28. The maximum absolute atomic E-state index is 6.09. The summed E-state index contributed by atoms with van der Waals surface area (Å²) >= 11 is 1.60. The van der Waals surface area contributed by atoms with Crippen LogP contribution in [0, 0.1) is 0 Å². The molecule has 0 aliphatic heterocycles. The molecule has 0 radical (unpaired) electrons. The molecule has 4 nitrogen and oxygen atoms in total. The van der Waals surface area contributed by atoms with Crippen LogP contribution in [0.2, 0.25) is 0 Å². The van der Waals surface area contributed by atoms with Crippen molar-refractivity contribution >= 4 is 17.0 Å². The second-order valence-corrected chi connectivity index (χ2v) is 8.17. The Labute approximate surface area is 196 Å². The summed E-state index contributed by atoms with van der Waals surface area (Å²) in [5.74, 6) is 2.35. The lowest BCUT2D eigenvalue weighted by Crippen LogP contribution is -2.13. The fourth-order valence-electron chi connectivity index (χ4n) is 3.55. The number of para-hydroxylation sites is 1. The van der Waals surface area contributed by atoms with Crippen molar-refractivity contribution in [2.75, 3.05) is 7.11 Å². The van der Waals surface area contributed by atoms with Gasteiger partial charge in [0.25, 0.3) is 0 Å². The van der Waals surface area contributed by atoms with E-state index in [1.54, 1.807) is 18.4 Å². The van der Waals surface area contributed by atoms with E-state index in [0.29, 0.717) is 0 Å². The van der Waals surface area contributed by atoms with Crippen molar-refractivity contribution < 1.29 is 9.47 Å². The molecule has 0 saturated heterocycles. The summed E-state index contributed by atoms with van der Waals surface area (Å²) in [4.78, 5) is 5.81. The lowest BCUT2D eigenvalue weighted by atomic mass is 10.1. The number of ether oxygens (including phenoxy) is 2. The van der Waals surface area contributed by atoms with Crippen molar-refractivity contribution in [3.63, 3.8) is 0 Å². The van der Waals surface area contributed by atoms with Crippen molar-refractivity contribution in [1.82, 2.24) is 4.57 Å². The standard InChI is InChI=1S/C28H22N2O2S/c1-31-25-16-8-12-22(18-25)29-28-30(27(20-33-28)21-10-4-2-5-11-21)23-13-9-17-26(19-23)32-24-14-6-3-7-15-24/h2-20H,1H3. The van der Waals surface area contributed by atoms with Gasteiger partial charge in [0.05, 0.1) is 24.2 Å². The number of thiazole rings is 1. The molecule has 33 heavy (non-hydrogen) atoms. The van der Waals surface area contributed by atoms with Gasteiger partial charge in [0, 0.05) is 17.5 Å². The molecule has 5 rings (SSSR count). The van der Waals surface area contributed by atoms with E-state index in [2.05, 4.69) is 28.1 Å². The van der Waals surface area contributed by atoms with Gasteiger partial charge in [-0.05, 0) is 42.0 Å². The van der Waals surface area contributed by atoms with Crippen molar-refractivity contribution in [1.29, 1.82) is 0 Å². The Hall–Kier alpha value is -4.09. The molecule has 0 saturated carbocycles. The largest absolute Gasteiger partial charge is 0.497 e. The van der Waals surface area contributed by atoms with E-state index in [1.165, 1.54) is 0 Å². The van der Waals surface area contributed by atoms with E-state index >= 15 is 0 Å². The second kappa shape index (κ2) is 9.59. The molecule has 0 amide bonds. The summed E-state index contributed by atoms with van der Waals surface area (Å²) in [5.41, 5.74) is 4.00. The first-order valence-electron chi connectivity index (χ1n) is 10.6. The van der Waals surface area contributed by atoms with E-state index in [-0.39, 0.29) is 0 Å². The lowest BCUT2D eigenvalue weighted by Gasteiger charge is -2.12. The number of hydrogen-bond donors (Lipinski definition) is 0. The number of methoxy groups -OCH3 is 1. The topological polar surface area (TPSA) is 35.8 Å². The molecule has 1 heterocycles. The Morgan fingerprint density at radius 3 is 2.18 bits per heavy atom. The molecule has 4 aromatic carbocycles. The summed E-state index contributed by atoms with van der Waals surface area (Å²) < 4.78 is 13.6. The molecule has 0 aliphatic carbocycles. The van der Waals surface area contributed by atoms with Gasteiger partial charge in [-0.1, -0.05) is 60.7 Å². The Morgan fingerprint density at radius 1 is 0.697 bits per heavy atom. The summed E-state index contributed by atoms with van der Waals surface area (Å²) in [6.45, 7) is 0. The van der Waals surface area contributed by atoms with Gasteiger partial charge in [-0.3, -0.25) is 4.57 Å². The van der Waals surface area contributed by atoms with Crippen LogP contribution in [0.25, 0.3) is 16.9 Å². The van der Waals surface area contributed by atoms with E-state index in [0.717, 1.165) is 44.7 Å². The van der Waals surface area contributed by atoms with Crippen LogP contribution in [0.3, 0.4) is 0 Å². The Bertz CT molecular complexity index is 1420. The quantitative estimate of drug-likeness (QED) is 0.273. The minimum Gasteiger partial charge on any atom is -0.497 e. The van der Waals surface area contributed by atoms with Gasteiger partial charge in [-0.15, -0.1) is 11.3 Å². The zero-order valence-corrected chi connectivity index (χ0v) is 18.9. The van der Waals surface area contributed by atoms with Gasteiger partial charge in [-0.25, -0.2) is 4.99 Å². The number of rotatable bonds is 6. The van der Waals surface area contributed by atoms with E-state index < -0.39 is 0 Å². The van der Waals surface area contributed by atoms with Crippen LogP contribution in [-0.2, 0) is 0 Å². The van der Waals surface area contributed by atoms with Crippen LogP contribution in [0.15, 0.2) is 120 Å². The summed E-state index contributed by atoms with van der Waals surface area (Å²) in [6.07, 6.45) is 0. The van der Waals surface area contributed by atoms with Gasteiger partial charge in [-0.2, -0.15) is 0 Å². The fourth-order valence-corrected chi connectivity index (χ4v) is 4.48. The van der Waals surface area contributed by atoms with Crippen LogP contribution in [0.5, 0.6) is 17.2 Å². The molecule has 0 unspecified atom stereocenters. The first-order chi connectivity index (χ1) is 16.3. The number of aromatic nitrogens is 1. The molecule has 5 aromatic rings. The first-order valence-corrected chi connectivity index (χ1v) is 11.5. The molecule has 5 heteroatoms. The third kappa shape index (κ3) is 4.73. The zero-order valence-electron chi connectivity index (χ0n) is 18.1. The summed E-state index contributed by atoms with van der Waals surface area (Å²) in [6, 6.07) is 36.0. The van der Waals surface area contributed by atoms with E-state index in [4.69, 9.17) is 14.5 Å². The highest BCUT2D eigenvalue weighted by atomic mass is 32.1. The van der Waals surface area contributed by atoms with Crippen LogP contribution >= 0.6 is 11.3 Å². The maximum atomic E-state index is 6.09. The SMILES string of the molecule is COc1cccc(N=c2scc(-c3ccccc3)n2-c2cccc(Oc3ccccc3)c2)c1. The van der Waals surface area contributed by atoms with Gasteiger partial charge in [0.2, 0.25) is 0 Å². The molecular formula is C28H22N2O2S. The predicted molar refractivity (Wildman–Crippen MR) is 134 cm³/mol. The Kier molecular flexibility index (Phi) is 6.04. The maximum Gasteiger partial charge on any atom is 0.195 e. The molecule has 0 atom stereocenters. The van der Waals surface area contributed by atoms with Crippen LogP contribution in [0.4, 0.5) is 5.69 Å². The van der Waals surface area contributed by atoms with Crippen LogP contribution in [0.1, 0.15) is 0 Å². The van der Waals surface area contributed by atoms with Crippen molar-refractivity contribution in [3.05, 3.63) is 119 Å². The highest BCUT2D eigenvalue weighted by Gasteiger charge is 2.11. The highest BCUT2D eigenvalue weighted by molar-refractivity contribution is 7.07. The normalized spacial score (nSPS) is 11.4. The molecule has 0 spiro atoms. The van der Waals surface area contributed by atoms with Crippen molar-refractivity contribution in [2.45, 2.75) is 0 Å². The molecule has 1 aromatic heterocycles. The molecule has 0 aliphatic rings. The Morgan fingerprint density at radius 2 is 1.39 bits per heavy atom. The van der Waals surface area contributed by atoms with E-state index in [1.807, 2.05) is 91.0 Å². The van der Waals surface area contributed by atoms with Crippen molar-refractivity contribution in [3.8, 4) is 34.2 Å². The predicted octanol–water partition coefficient (Wildman–Crippen LogP) is 7.24. The molecule has 162 valence electrons. The average Bonchev–Trinajstić information content (AvgIpc) is 3.29. The summed E-state index contributed by atoms with van der Waals surface area (Å²) in [5, 5.41) is 2.14. The zero-order chi connectivity index (χ0) is 22.5. The molecule has 0 bridgehead atoms. The number of hydrogen-bond acceptors (Lipinski definition) is 4. The molecular weight excluding hydrogens is 428 g/mol. The monoisotopic (exact) mass is 450 g/mol. The minimum atomic E-state index is 0.767. The van der Waals surface area contributed by atoms with Crippen molar-refractivity contribution in [2.24, 2.45) is 4.99 Å². The Balaban J connectivity index is 1.64. The van der Waals surface area contributed by atoms with Gasteiger partial charge < -0.3 is 9.47 Å². The van der Waals surface area contributed by atoms with E-state index in [9.17, 15) is 0 Å².